The number of likely N-dealkylation sites (N-methyl/N-ethyl adjacent to an activating group) is 3. The van der Waals surface area contributed by atoms with Gasteiger partial charge in [-0.05, 0) is 68.6 Å². The Labute approximate surface area is 344 Å². The van der Waals surface area contributed by atoms with Gasteiger partial charge in [-0.3, -0.25) is 24.2 Å². The van der Waals surface area contributed by atoms with Crippen LogP contribution in [0.15, 0.2) is 40.9 Å². The van der Waals surface area contributed by atoms with E-state index in [4.69, 9.17) is 14.5 Å². The van der Waals surface area contributed by atoms with Crippen molar-refractivity contribution in [2.24, 2.45) is 22.2 Å². The Morgan fingerprint density at radius 1 is 0.947 bits per heavy atom. The van der Waals surface area contributed by atoms with Crippen LogP contribution in [-0.4, -0.2) is 131 Å². The van der Waals surface area contributed by atoms with Crippen LogP contribution >= 0.6 is 11.8 Å². The highest BCUT2D eigenvalue weighted by molar-refractivity contribution is 8.14. The summed E-state index contributed by atoms with van der Waals surface area (Å²) in [7, 11) is 6.15. The Hall–Kier alpha value is -3.91. The second-order valence-electron chi connectivity index (χ2n) is 17.1. The maximum atomic E-state index is 14.3. The Morgan fingerprint density at radius 3 is 2.14 bits per heavy atom. The van der Waals surface area contributed by atoms with Crippen molar-refractivity contribution in [2.75, 3.05) is 34.0 Å². The van der Waals surface area contributed by atoms with Crippen molar-refractivity contribution in [3.63, 3.8) is 0 Å². The van der Waals surface area contributed by atoms with Gasteiger partial charge in [0.15, 0.2) is 0 Å². The van der Waals surface area contributed by atoms with E-state index in [1.807, 2.05) is 53.7 Å². The lowest BCUT2D eigenvalue weighted by Gasteiger charge is -2.39. The number of aliphatic imine (C=N–C) groups is 1. The van der Waals surface area contributed by atoms with E-state index in [1.54, 1.807) is 64.9 Å². The summed E-state index contributed by atoms with van der Waals surface area (Å²) in [6.45, 7) is 16.7. The lowest BCUT2D eigenvalue weighted by atomic mass is 9.82. The Morgan fingerprint density at radius 2 is 1.56 bits per heavy atom. The third-order valence-electron chi connectivity index (χ3n) is 11.4. The number of rotatable bonds is 5. The van der Waals surface area contributed by atoms with Crippen LogP contribution < -0.4 is 10.1 Å². The maximum absolute atomic E-state index is 14.3. The number of esters is 1. The Balaban J connectivity index is 2.06. The molecule has 57 heavy (non-hydrogen) atoms. The molecule has 0 saturated heterocycles. The molecular formula is C43H67N5O8S. The van der Waals surface area contributed by atoms with Gasteiger partial charge in [0.2, 0.25) is 23.6 Å². The first-order valence-electron chi connectivity index (χ1n) is 20.1. The first-order chi connectivity index (χ1) is 26.6. The van der Waals surface area contributed by atoms with Crippen molar-refractivity contribution in [3.8, 4) is 5.75 Å². The summed E-state index contributed by atoms with van der Waals surface area (Å²) in [6.07, 6.45) is 2.65. The third-order valence-corrected chi connectivity index (χ3v) is 12.5. The zero-order valence-electron chi connectivity index (χ0n) is 36.3. The molecular weight excluding hydrogens is 747 g/mol. The van der Waals surface area contributed by atoms with Gasteiger partial charge in [-0.2, -0.15) is 0 Å². The molecule has 2 N–H and O–H groups in total. The molecule has 0 saturated carbocycles. The van der Waals surface area contributed by atoms with E-state index in [2.05, 4.69) is 5.32 Å². The Kier molecular flexibility index (Phi) is 17.2. The third kappa shape index (κ3) is 12.8. The second kappa shape index (κ2) is 20.7. The van der Waals surface area contributed by atoms with Crippen LogP contribution in [0.2, 0.25) is 0 Å². The number of hydrogen-bond donors (Lipinski definition) is 2. The van der Waals surface area contributed by atoms with Gasteiger partial charge in [0, 0.05) is 45.3 Å². The lowest BCUT2D eigenvalue weighted by molar-refractivity contribution is -0.166. The molecule has 1 aromatic carbocycles. The van der Waals surface area contributed by atoms with Crippen LogP contribution in [0.1, 0.15) is 93.6 Å². The summed E-state index contributed by atoms with van der Waals surface area (Å²) < 4.78 is 11.4. The first kappa shape index (κ1) is 47.5. The average molecular weight is 814 g/mol. The number of aliphatic hydroxyl groups excluding tert-OH is 1. The van der Waals surface area contributed by atoms with E-state index in [0.717, 1.165) is 10.6 Å². The van der Waals surface area contributed by atoms with E-state index in [0.29, 0.717) is 42.8 Å². The summed E-state index contributed by atoms with van der Waals surface area (Å²) in [5.74, 6) is -1.43. The van der Waals surface area contributed by atoms with Gasteiger partial charge in [0.1, 0.15) is 36.0 Å². The van der Waals surface area contributed by atoms with Gasteiger partial charge < -0.3 is 34.6 Å². The molecule has 2 heterocycles. The number of carbonyl (C=O) groups is 5. The smallest absolute Gasteiger partial charge is 0.328 e. The van der Waals surface area contributed by atoms with Crippen LogP contribution in [0.5, 0.6) is 5.75 Å². The molecule has 0 aromatic heterocycles. The molecule has 2 bridgehead atoms. The summed E-state index contributed by atoms with van der Waals surface area (Å²) >= 11 is 1.54. The molecule has 2 aliphatic heterocycles. The van der Waals surface area contributed by atoms with Gasteiger partial charge in [-0.15, -0.1) is 11.8 Å². The van der Waals surface area contributed by atoms with Crippen LogP contribution in [-0.2, 0) is 35.1 Å². The minimum Gasteiger partial charge on any atom is -0.497 e. The van der Waals surface area contributed by atoms with Crippen molar-refractivity contribution in [3.05, 3.63) is 41.5 Å². The normalized spacial score (nSPS) is 29.2. The van der Waals surface area contributed by atoms with E-state index in [9.17, 15) is 29.1 Å². The van der Waals surface area contributed by atoms with Crippen molar-refractivity contribution >= 4 is 46.4 Å². The minimum atomic E-state index is -1.04. The zero-order chi connectivity index (χ0) is 42.9. The molecule has 9 atom stereocenters. The van der Waals surface area contributed by atoms with Gasteiger partial charge in [-0.1, -0.05) is 66.2 Å². The number of thioether (sulfide) groups is 1. The van der Waals surface area contributed by atoms with E-state index < -0.39 is 71.4 Å². The number of cyclic esters (lactones) is 1. The quantitative estimate of drug-likeness (QED) is 0.395. The van der Waals surface area contributed by atoms with Crippen molar-refractivity contribution < 1.29 is 38.6 Å². The van der Waals surface area contributed by atoms with E-state index >= 15 is 0 Å². The molecule has 318 valence electrons. The standard InChI is InChI=1S/C43H67N5O8S/c1-14-26(3)37-41(53)47(11)29(6)42(54)56-35(43(7,8)9)20-25(2)19-32(49)23-36-44-31(24-57-36)21-27(4)38(50)45-34(22-30-15-17-33(55-13)18-16-30)40(52)46(10)28(5)39(51)48(37)12/h15-18,21,25-26,28-29,31-32,34-35,37,49H,14,19-20,22-24H2,1-13H3,(H,45,50). The largest absolute Gasteiger partial charge is 0.497 e. The molecule has 0 aliphatic carbocycles. The van der Waals surface area contributed by atoms with E-state index in [-0.39, 0.29) is 24.3 Å². The maximum Gasteiger partial charge on any atom is 0.328 e. The van der Waals surface area contributed by atoms with Gasteiger partial charge in [0.05, 0.1) is 24.3 Å². The molecule has 2 aliphatic rings. The fourth-order valence-electron chi connectivity index (χ4n) is 7.11. The number of amides is 4. The summed E-state index contributed by atoms with van der Waals surface area (Å²) in [5, 5.41) is 14.8. The van der Waals surface area contributed by atoms with Crippen molar-refractivity contribution in [1.29, 1.82) is 0 Å². The number of nitrogens with zero attached hydrogens (tertiary/aromatic N) is 4. The molecule has 0 fully saturated rings. The predicted octanol–water partition coefficient (Wildman–Crippen LogP) is 4.89. The number of nitrogens with one attached hydrogen (secondary N) is 1. The number of methoxy groups -OCH3 is 1. The molecule has 0 spiro atoms. The highest BCUT2D eigenvalue weighted by atomic mass is 32.2. The van der Waals surface area contributed by atoms with Crippen LogP contribution in [0.25, 0.3) is 0 Å². The number of benzene rings is 1. The molecule has 9 unspecified atom stereocenters. The highest BCUT2D eigenvalue weighted by Crippen LogP contribution is 2.32. The van der Waals surface area contributed by atoms with Gasteiger partial charge >= 0.3 is 5.97 Å². The van der Waals surface area contributed by atoms with Crippen LogP contribution in [0.3, 0.4) is 0 Å². The van der Waals surface area contributed by atoms with Crippen LogP contribution in [0.4, 0.5) is 0 Å². The summed E-state index contributed by atoms with van der Waals surface area (Å²) in [6, 6.07) is 2.95. The van der Waals surface area contributed by atoms with Gasteiger partial charge in [0.25, 0.3) is 0 Å². The fourth-order valence-corrected chi connectivity index (χ4v) is 8.16. The van der Waals surface area contributed by atoms with Gasteiger partial charge in [-0.25, -0.2) is 4.79 Å². The highest BCUT2D eigenvalue weighted by Gasteiger charge is 2.41. The van der Waals surface area contributed by atoms with E-state index in [1.165, 1.54) is 28.8 Å². The summed E-state index contributed by atoms with van der Waals surface area (Å²) in [4.78, 5) is 79.0. The zero-order valence-corrected chi connectivity index (χ0v) is 37.1. The number of ether oxygens (including phenoxy) is 2. The van der Waals surface area contributed by atoms with Crippen molar-refractivity contribution in [2.45, 2.75) is 137 Å². The summed E-state index contributed by atoms with van der Waals surface area (Å²) in [5.41, 5.74) is 0.737. The number of aliphatic hydroxyl groups is 1. The molecule has 3 rings (SSSR count). The SMILES string of the molecule is CCC(C)C1C(=O)N(C)C(C)C(=O)OC(C(C)(C)C)CC(C)CC(O)CC2=NC(C=C(C)C(=O)NC(Cc3ccc(OC)cc3)C(=O)N(C)C(C)C(=O)N1C)CS2. The molecule has 4 amide bonds. The lowest BCUT2D eigenvalue weighted by Crippen LogP contribution is -2.59. The fraction of sp³-hybridized carbons (Fsp3) is 0.674. The number of hydrogen-bond acceptors (Lipinski definition) is 10. The average Bonchev–Trinajstić information content (AvgIpc) is 3.60. The number of fused-ring (bicyclic) bond motifs is 1. The van der Waals surface area contributed by atoms with Crippen LogP contribution in [0, 0.1) is 17.3 Å². The second-order valence-corrected chi connectivity index (χ2v) is 18.2. The van der Waals surface area contributed by atoms with Crippen molar-refractivity contribution in [1.82, 2.24) is 20.0 Å². The topological polar surface area (TPSA) is 158 Å². The monoisotopic (exact) mass is 813 g/mol. The molecule has 1 aromatic rings. The predicted molar refractivity (Wildman–Crippen MR) is 225 cm³/mol. The Bertz CT molecular complexity index is 1640. The first-order valence-corrected chi connectivity index (χ1v) is 21.1. The minimum absolute atomic E-state index is 0.00190. The number of carbonyl (C=O) groups excluding carboxylic acids is 5. The molecule has 14 heteroatoms. The molecule has 13 nitrogen and oxygen atoms in total. The molecule has 0 radical (unpaired) electrons.